The maximum absolute atomic E-state index is 12.1. The summed E-state index contributed by atoms with van der Waals surface area (Å²) in [5.74, 6) is 0. The van der Waals surface area contributed by atoms with Crippen molar-refractivity contribution < 1.29 is 21.6 Å². The second-order valence-corrected chi connectivity index (χ2v) is 5.86. The first kappa shape index (κ1) is 15.9. The topological polar surface area (TPSA) is 76.3 Å². The largest absolute Gasteiger partial charge is 0.390 e. The van der Waals surface area contributed by atoms with Crippen LogP contribution in [0.25, 0.3) is 0 Å². The number of pyridine rings is 1. The second kappa shape index (κ2) is 5.85. The van der Waals surface area contributed by atoms with Crippen LogP contribution in [-0.4, -0.2) is 37.5 Å². The predicted molar refractivity (Wildman–Crippen MR) is 62.6 cm³/mol. The van der Waals surface area contributed by atoms with Gasteiger partial charge < -0.3 is 5.73 Å². The fraction of sp³-hybridized carbons (Fsp3) is 0.500. The monoisotopic (exact) mass is 297 g/mol. The summed E-state index contributed by atoms with van der Waals surface area (Å²) >= 11 is 0. The molecule has 0 unspecified atom stereocenters. The smallest absolute Gasteiger partial charge is 0.325 e. The molecule has 0 radical (unpaired) electrons. The van der Waals surface area contributed by atoms with Gasteiger partial charge >= 0.3 is 6.18 Å². The van der Waals surface area contributed by atoms with E-state index >= 15 is 0 Å². The van der Waals surface area contributed by atoms with E-state index < -0.39 is 29.2 Å². The predicted octanol–water partition coefficient (Wildman–Crippen LogP) is 1.11. The first-order valence-corrected chi connectivity index (χ1v) is 6.79. The zero-order valence-electron chi connectivity index (χ0n) is 10.2. The Morgan fingerprint density at radius 2 is 2.05 bits per heavy atom. The number of rotatable bonds is 5. The number of hydrogen-bond donors (Lipinski definition) is 1. The van der Waals surface area contributed by atoms with Crippen LogP contribution in [0.15, 0.2) is 23.2 Å². The van der Waals surface area contributed by atoms with Gasteiger partial charge in [0.05, 0.1) is 12.1 Å². The van der Waals surface area contributed by atoms with Crippen molar-refractivity contribution in [2.45, 2.75) is 24.0 Å². The highest BCUT2D eigenvalue weighted by Gasteiger charge is 2.31. The van der Waals surface area contributed by atoms with Gasteiger partial charge in [0.25, 0.3) is 0 Å². The Balaban J connectivity index is 2.97. The minimum Gasteiger partial charge on any atom is -0.325 e. The summed E-state index contributed by atoms with van der Waals surface area (Å²) in [5.41, 5.74) is 5.49. The first-order chi connectivity index (χ1) is 8.68. The molecule has 0 aliphatic carbocycles. The number of nitrogens with zero attached hydrogens (tertiary/aromatic N) is 2. The molecule has 0 spiro atoms. The molecule has 0 saturated heterocycles. The van der Waals surface area contributed by atoms with Crippen LogP contribution in [0.2, 0.25) is 0 Å². The van der Waals surface area contributed by atoms with Gasteiger partial charge in [-0.3, -0.25) is 4.98 Å². The molecule has 2 N–H and O–H groups in total. The summed E-state index contributed by atoms with van der Waals surface area (Å²) in [5, 5.41) is 0. The molecule has 1 heterocycles. The molecule has 1 rings (SSSR count). The third-order valence-corrected chi connectivity index (χ3v) is 4.37. The Labute approximate surface area is 109 Å². The van der Waals surface area contributed by atoms with Crippen LogP contribution in [0.3, 0.4) is 0 Å². The van der Waals surface area contributed by atoms with Gasteiger partial charge in [-0.05, 0) is 12.1 Å². The Kier molecular flexibility index (Phi) is 4.88. The van der Waals surface area contributed by atoms with Crippen molar-refractivity contribution in [2.75, 3.05) is 13.6 Å². The first-order valence-electron chi connectivity index (χ1n) is 5.35. The maximum atomic E-state index is 12.1. The van der Waals surface area contributed by atoms with E-state index in [0.29, 0.717) is 4.31 Å². The number of hydrogen-bond acceptors (Lipinski definition) is 4. The molecule has 0 fully saturated rings. The van der Waals surface area contributed by atoms with Crippen LogP contribution in [0.1, 0.15) is 12.1 Å². The third kappa shape index (κ3) is 4.15. The summed E-state index contributed by atoms with van der Waals surface area (Å²) < 4.78 is 61.1. The number of nitrogens with two attached hydrogens (primary N) is 1. The zero-order valence-corrected chi connectivity index (χ0v) is 11.0. The van der Waals surface area contributed by atoms with Crippen molar-refractivity contribution in [1.29, 1.82) is 0 Å². The summed E-state index contributed by atoms with van der Waals surface area (Å²) in [4.78, 5) is 3.64. The summed E-state index contributed by atoms with van der Waals surface area (Å²) in [6.07, 6.45) is -4.24. The Morgan fingerprint density at radius 3 is 2.58 bits per heavy atom. The molecule has 0 aromatic carbocycles. The lowest BCUT2D eigenvalue weighted by Gasteiger charge is -2.19. The molecule has 19 heavy (non-hydrogen) atoms. The summed E-state index contributed by atoms with van der Waals surface area (Å²) in [6.45, 7) is -0.757. The Hall–Kier alpha value is -1.19. The lowest BCUT2D eigenvalue weighted by atomic mass is 10.3. The van der Waals surface area contributed by atoms with Gasteiger partial charge in [0.1, 0.15) is 4.90 Å². The molecule has 1 aromatic heterocycles. The molecule has 1 aromatic rings. The summed E-state index contributed by atoms with van der Waals surface area (Å²) in [6, 6.07) is 2.66. The highest BCUT2D eigenvalue weighted by Crippen LogP contribution is 2.22. The molecular weight excluding hydrogens is 283 g/mol. The summed E-state index contributed by atoms with van der Waals surface area (Å²) in [7, 11) is -2.92. The number of aromatic nitrogens is 1. The minimum atomic E-state index is -4.41. The zero-order chi connectivity index (χ0) is 14.7. The van der Waals surface area contributed by atoms with Gasteiger partial charge in [0, 0.05) is 26.3 Å². The highest BCUT2D eigenvalue weighted by molar-refractivity contribution is 7.89. The average Bonchev–Trinajstić information content (AvgIpc) is 2.34. The second-order valence-electron chi connectivity index (χ2n) is 3.84. The van der Waals surface area contributed by atoms with Crippen molar-refractivity contribution in [1.82, 2.24) is 9.29 Å². The van der Waals surface area contributed by atoms with Gasteiger partial charge in [0.15, 0.2) is 0 Å². The molecule has 108 valence electrons. The van der Waals surface area contributed by atoms with Gasteiger partial charge in [-0.1, -0.05) is 0 Å². The van der Waals surface area contributed by atoms with E-state index in [1.54, 1.807) is 0 Å². The fourth-order valence-electron chi connectivity index (χ4n) is 1.38. The molecule has 0 amide bonds. The van der Waals surface area contributed by atoms with Crippen LogP contribution in [0.5, 0.6) is 0 Å². The van der Waals surface area contributed by atoms with E-state index in [-0.39, 0.29) is 17.1 Å². The molecular formula is C10H14F3N3O2S. The molecule has 0 saturated carbocycles. The normalized spacial score (nSPS) is 12.9. The van der Waals surface area contributed by atoms with E-state index in [9.17, 15) is 21.6 Å². The van der Waals surface area contributed by atoms with Crippen molar-refractivity contribution in [3.63, 3.8) is 0 Å². The van der Waals surface area contributed by atoms with E-state index in [4.69, 9.17) is 5.73 Å². The van der Waals surface area contributed by atoms with E-state index in [1.165, 1.54) is 18.3 Å². The van der Waals surface area contributed by atoms with E-state index in [2.05, 4.69) is 4.98 Å². The fourth-order valence-corrected chi connectivity index (χ4v) is 2.74. The molecule has 0 aliphatic heterocycles. The molecule has 0 atom stereocenters. The van der Waals surface area contributed by atoms with Crippen LogP contribution in [0, 0.1) is 0 Å². The number of sulfonamides is 1. The number of halogens is 3. The lowest BCUT2D eigenvalue weighted by Crippen LogP contribution is -2.31. The van der Waals surface area contributed by atoms with Gasteiger partial charge in [-0.25, -0.2) is 12.7 Å². The maximum Gasteiger partial charge on any atom is 0.390 e. The molecule has 0 bridgehead atoms. The van der Waals surface area contributed by atoms with Crippen molar-refractivity contribution in [3.05, 3.63) is 24.0 Å². The molecule has 9 heteroatoms. The van der Waals surface area contributed by atoms with Gasteiger partial charge in [-0.15, -0.1) is 0 Å². The van der Waals surface area contributed by atoms with Crippen LogP contribution >= 0.6 is 0 Å². The number of alkyl halides is 3. The van der Waals surface area contributed by atoms with Crippen molar-refractivity contribution >= 4 is 10.0 Å². The standard InChI is InChI=1S/C10H14F3N3O2S/c1-16(6-4-10(11,12)13)19(17,18)9-3-2-5-15-8(9)7-14/h2-3,5H,4,6-7,14H2,1H3. The lowest BCUT2D eigenvalue weighted by molar-refractivity contribution is -0.135. The van der Waals surface area contributed by atoms with E-state index in [0.717, 1.165) is 7.05 Å². The van der Waals surface area contributed by atoms with Crippen LogP contribution in [-0.2, 0) is 16.6 Å². The van der Waals surface area contributed by atoms with Crippen molar-refractivity contribution in [2.24, 2.45) is 5.73 Å². The quantitative estimate of drug-likeness (QED) is 0.883. The highest BCUT2D eigenvalue weighted by atomic mass is 32.2. The minimum absolute atomic E-state index is 0.109. The average molecular weight is 297 g/mol. The Bertz CT molecular complexity index is 531. The van der Waals surface area contributed by atoms with Crippen LogP contribution in [0.4, 0.5) is 13.2 Å². The molecule has 5 nitrogen and oxygen atoms in total. The molecule has 0 aliphatic rings. The van der Waals surface area contributed by atoms with Crippen molar-refractivity contribution in [3.8, 4) is 0 Å². The van der Waals surface area contributed by atoms with E-state index in [1.807, 2.05) is 0 Å². The van der Waals surface area contributed by atoms with Gasteiger partial charge in [-0.2, -0.15) is 13.2 Å². The van der Waals surface area contributed by atoms with Crippen LogP contribution < -0.4 is 5.73 Å². The Morgan fingerprint density at radius 1 is 1.42 bits per heavy atom. The SMILES string of the molecule is CN(CCC(F)(F)F)S(=O)(=O)c1cccnc1CN. The third-order valence-electron chi connectivity index (χ3n) is 2.44. The van der Waals surface area contributed by atoms with Gasteiger partial charge in [0.2, 0.25) is 10.0 Å².